The van der Waals surface area contributed by atoms with Gasteiger partial charge < -0.3 is 4.90 Å². The molecule has 0 spiro atoms. The maximum absolute atomic E-state index is 11.8. The minimum atomic E-state index is -0.137. The first-order valence-corrected chi connectivity index (χ1v) is 5.35. The molecular weight excluding hydrogens is 166 g/mol. The summed E-state index contributed by atoms with van der Waals surface area (Å²) >= 11 is 0. The van der Waals surface area contributed by atoms with E-state index in [9.17, 15) is 4.79 Å². The monoisotopic (exact) mass is 187 g/mol. The van der Waals surface area contributed by atoms with Gasteiger partial charge in [0, 0.05) is 27.9 Å². The van der Waals surface area contributed by atoms with Gasteiger partial charge in [-0.2, -0.15) is 0 Å². The third-order valence-corrected chi connectivity index (χ3v) is 2.38. The second kappa shape index (κ2) is 3.21. The molecule has 0 aromatic heterocycles. The van der Waals surface area contributed by atoms with Gasteiger partial charge in [0.25, 0.3) is 0 Å². The van der Waals surface area contributed by atoms with Crippen molar-refractivity contribution in [3.8, 4) is 0 Å². The third kappa shape index (κ3) is 2.97. The molecule has 0 unspecified atom stereocenters. The smallest absolute Gasteiger partial charge is 0.224 e. The molecule has 0 aliphatic rings. The van der Waals surface area contributed by atoms with Crippen LogP contribution >= 0.6 is 0 Å². The molecule has 3 heteroatoms. The molecule has 0 rings (SSSR count). The Morgan fingerprint density at radius 3 is 1.58 bits per heavy atom. The molecule has 0 fully saturated rings. The summed E-state index contributed by atoms with van der Waals surface area (Å²) in [5, 5.41) is -0.137. The molecule has 12 heavy (non-hydrogen) atoms. The van der Waals surface area contributed by atoms with Gasteiger partial charge in [-0.1, -0.05) is 13.8 Å². The molecule has 0 heterocycles. The Labute approximate surface area is 78.8 Å². The van der Waals surface area contributed by atoms with Gasteiger partial charge in [0.15, 0.2) is 0 Å². The number of amides is 1. The van der Waals surface area contributed by atoms with Gasteiger partial charge in [-0.3, -0.25) is 4.79 Å². The molecule has 0 aliphatic carbocycles. The van der Waals surface area contributed by atoms with Crippen molar-refractivity contribution in [2.75, 3.05) is 7.05 Å². The zero-order valence-corrected chi connectivity index (χ0v) is 11.4. The fourth-order valence-electron chi connectivity index (χ4n) is 0.808. The standard InChI is InChI=1S/C9H21NOSi/c1-8(2,3)10(6)7(11)9(4,5)12/h1-6,12H3. The summed E-state index contributed by atoms with van der Waals surface area (Å²) in [6.45, 7) is 10.2. The van der Waals surface area contributed by atoms with Crippen LogP contribution in [-0.2, 0) is 4.79 Å². The van der Waals surface area contributed by atoms with E-state index >= 15 is 0 Å². The van der Waals surface area contributed by atoms with Crippen molar-refractivity contribution in [2.24, 2.45) is 0 Å². The van der Waals surface area contributed by atoms with E-state index in [1.807, 2.05) is 25.8 Å². The molecule has 0 saturated heterocycles. The molecular formula is C9H21NOSi. The van der Waals surface area contributed by atoms with Crippen LogP contribution in [0.25, 0.3) is 0 Å². The molecule has 72 valence electrons. The molecule has 0 bridgehead atoms. The van der Waals surface area contributed by atoms with E-state index in [4.69, 9.17) is 0 Å². The van der Waals surface area contributed by atoms with Gasteiger partial charge >= 0.3 is 0 Å². The zero-order valence-electron chi connectivity index (χ0n) is 9.36. The van der Waals surface area contributed by atoms with E-state index in [1.165, 1.54) is 0 Å². The highest BCUT2D eigenvalue weighted by Gasteiger charge is 2.30. The molecule has 0 atom stereocenters. The summed E-state index contributed by atoms with van der Waals surface area (Å²) in [5.74, 6) is 0.252. The van der Waals surface area contributed by atoms with Crippen LogP contribution in [0.2, 0.25) is 5.04 Å². The van der Waals surface area contributed by atoms with E-state index in [-0.39, 0.29) is 16.5 Å². The first-order valence-electron chi connectivity index (χ1n) is 4.35. The number of hydrogen-bond acceptors (Lipinski definition) is 1. The lowest BCUT2D eigenvalue weighted by Gasteiger charge is -2.36. The Morgan fingerprint density at radius 1 is 1.17 bits per heavy atom. The highest BCUT2D eigenvalue weighted by atomic mass is 28.1. The highest BCUT2D eigenvalue weighted by Crippen LogP contribution is 2.25. The fourth-order valence-corrected chi connectivity index (χ4v) is 1.14. The fraction of sp³-hybridized carbons (Fsp3) is 0.889. The topological polar surface area (TPSA) is 20.3 Å². The summed E-state index contributed by atoms with van der Waals surface area (Å²) in [5.41, 5.74) is -0.0568. The Kier molecular flexibility index (Phi) is 3.12. The van der Waals surface area contributed by atoms with Gasteiger partial charge in [0.1, 0.15) is 0 Å². The molecule has 0 aromatic rings. The Hall–Kier alpha value is -0.313. The van der Waals surface area contributed by atoms with E-state index in [2.05, 4.69) is 20.8 Å². The van der Waals surface area contributed by atoms with Crippen molar-refractivity contribution in [2.45, 2.75) is 45.2 Å². The van der Waals surface area contributed by atoms with E-state index in [1.54, 1.807) is 0 Å². The average molecular weight is 187 g/mol. The maximum Gasteiger partial charge on any atom is 0.224 e. The molecule has 0 N–H and O–H groups in total. The predicted molar refractivity (Wildman–Crippen MR) is 56.5 cm³/mol. The lowest BCUT2D eigenvalue weighted by molar-refractivity contribution is -0.136. The van der Waals surface area contributed by atoms with Crippen molar-refractivity contribution >= 4 is 16.1 Å². The SMILES string of the molecule is CN(C(=O)C(C)(C)[SiH3])C(C)(C)C. The van der Waals surface area contributed by atoms with Crippen LogP contribution in [0.4, 0.5) is 0 Å². The molecule has 2 nitrogen and oxygen atoms in total. The van der Waals surface area contributed by atoms with E-state index in [0.717, 1.165) is 10.2 Å². The summed E-state index contributed by atoms with van der Waals surface area (Å²) in [6, 6.07) is 0. The second-order valence-electron chi connectivity index (χ2n) is 5.28. The van der Waals surface area contributed by atoms with Gasteiger partial charge in [0.05, 0.1) is 0 Å². The first-order chi connectivity index (χ1) is 5.07. The summed E-state index contributed by atoms with van der Waals surface area (Å²) < 4.78 is 0. The lowest BCUT2D eigenvalue weighted by atomic mass is 10.0. The van der Waals surface area contributed by atoms with Crippen LogP contribution < -0.4 is 0 Å². The van der Waals surface area contributed by atoms with Crippen molar-refractivity contribution in [1.82, 2.24) is 4.90 Å². The van der Waals surface area contributed by atoms with Crippen LogP contribution in [0.5, 0.6) is 0 Å². The number of hydrogen-bond donors (Lipinski definition) is 0. The Bertz CT molecular complexity index is 176. The minimum Gasteiger partial charge on any atom is -0.341 e. The van der Waals surface area contributed by atoms with Crippen LogP contribution in [-0.4, -0.2) is 33.6 Å². The zero-order chi connectivity index (χ0) is 10.2. The molecule has 0 saturated carbocycles. The third-order valence-electron chi connectivity index (χ3n) is 1.95. The summed E-state index contributed by atoms with van der Waals surface area (Å²) in [7, 11) is 2.78. The van der Waals surface area contributed by atoms with Crippen LogP contribution in [0.1, 0.15) is 34.6 Å². The number of rotatable bonds is 1. The van der Waals surface area contributed by atoms with Crippen LogP contribution in [0, 0.1) is 0 Å². The maximum atomic E-state index is 11.8. The van der Waals surface area contributed by atoms with Gasteiger partial charge in [-0.15, -0.1) is 0 Å². The lowest BCUT2D eigenvalue weighted by Crippen LogP contribution is -2.46. The Balaban J connectivity index is 4.53. The molecule has 0 aliphatic heterocycles. The summed E-state index contributed by atoms with van der Waals surface area (Å²) in [4.78, 5) is 13.6. The predicted octanol–water partition coefficient (Wildman–Crippen LogP) is 0.807. The molecule has 0 aromatic carbocycles. The normalized spacial score (nSPS) is 13.2. The van der Waals surface area contributed by atoms with Crippen molar-refractivity contribution in [3.05, 3.63) is 0 Å². The van der Waals surface area contributed by atoms with E-state index < -0.39 is 0 Å². The number of carbonyl (C=O) groups is 1. The summed E-state index contributed by atoms with van der Waals surface area (Å²) in [6.07, 6.45) is 0. The van der Waals surface area contributed by atoms with Crippen LogP contribution in [0.15, 0.2) is 0 Å². The number of carbonyl (C=O) groups excluding carboxylic acids is 1. The largest absolute Gasteiger partial charge is 0.341 e. The van der Waals surface area contributed by atoms with Gasteiger partial charge in [-0.25, -0.2) is 0 Å². The van der Waals surface area contributed by atoms with Crippen molar-refractivity contribution in [3.63, 3.8) is 0 Å². The van der Waals surface area contributed by atoms with Crippen LogP contribution in [0.3, 0.4) is 0 Å². The highest BCUT2D eigenvalue weighted by molar-refractivity contribution is 6.27. The van der Waals surface area contributed by atoms with Gasteiger partial charge in [0.2, 0.25) is 5.91 Å². The number of nitrogens with zero attached hydrogens (tertiary/aromatic N) is 1. The molecule has 1 amide bonds. The van der Waals surface area contributed by atoms with E-state index in [0.29, 0.717) is 0 Å². The second-order valence-corrected chi connectivity index (χ2v) is 7.78. The Morgan fingerprint density at radius 2 is 1.50 bits per heavy atom. The van der Waals surface area contributed by atoms with Crippen molar-refractivity contribution < 1.29 is 4.79 Å². The van der Waals surface area contributed by atoms with Crippen molar-refractivity contribution in [1.29, 1.82) is 0 Å². The molecule has 0 radical (unpaired) electrons. The minimum absolute atomic E-state index is 0.0568. The first kappa shape index (κ1) is 11.7. The van der Waals surface area contributed by atoms with Gasteiger partial charge in [-0.05, 0) is 20.8 Å². The quantitative estimate of drug-likeness (QED) is 0.556. The average Bonchev–Trinajstić information content (AvgIpc) is 1.80.